The first-order valence-electron chi connectivity index (χ1n) is 5.63. The maximum atomic E-state index is 12.6. The van der Waals surface area contributed by atoms with Crippen molar-refractivity contribution in [1.29, 1.82) is 0 Å². The summed E-state index contributed by atoms with van der Waals surface area (Å²) in [4.78, 5) is 11.8. The van der Waals surface area contributed by atoms with Crippen LogP contribution in [0.1, 0.15) is 12.0 Å². The van der Waals surface area contributed by atoms with Gasteiger partial charge >= 0.3 is 6.18 Å². The molecule has 0 saturated carbocycles. The zero-order chi connectivity index (χ0) is 14.0. The number of ether oxygens (including phenoxy) is 1. The second-order valence-electron chi connectivity index (χ2n) is 4.24. The van der Waals surface area contributed by atoms with Crippen LogP contribution in [0.15, 0.2) is 18.2 Å². The number of nitrogens with one attached hydrogen (secondary N) is 1. The SMILES string of the molecule is O=C(Nc1cc(C(F)(F)F)ccc1Cl)C1CCOC1. The Bertz CT molecular complexity index is 484. The number of hydrogen-bond acceptors (Lipinski definition) is 2. The van der Waals surface area contributed by atoms with Crippen molar-refractivity contribution >= 4 is 23.2 Å². The van der Waals surface area contributed by atoms with Gasteiger partial charge in [0.2, 0.25) is 5.91 Å². The zero-order valence-corrected chi connectivity index (χ0v) is 10.5. The molecule has 19 heavy (non-hydrogen) atoms. The van der Waals surface area contributed by atoms with E-state index >= 15 is 0 Å². The summed E-state index contributed by atoms with van der Waals surface area (Å²) in [6.45, 7) is 0.761. The van der Waals surface area contributed by atoms with E-state index in [1.54, 1.807) is 0 Å². The smallest absolute Gasteiger partial charge is 0.381 e. The summed E-state index contributed by atoms with van der Waals surface area (Å²) in [6, 6.07) is 2.82. The van der Waals surface area contributed by atoms with Crippen molar-refractivity contribution in [3.8, 4) is 0 Å². The lowest BCUT2D eigenvalue weighted by molar-refractivity contribution is -0.137. The Kier molecular flexibility index (Phi) is 4.01. The summed E-state index contributed by atoms with van der Waals surface area (Å²) in [5.74, 6) is -0.718. The van der Waals surface area contributed by atoms with Crippen molar-refractivity contribution in [3.05, 3.63) is 28.8 Å². The number of anilines is 1. The van der Waals surface area contributed by atoms with Crippen molar-refractivity contribution in [3.63, 3.8) is 0 Å². The summed E-state index contributed by atoms with van der Waals surface area (Å²) < 4.78 is 42.7. The maximum Gasteiger partial charge on any atom is 0.416 e. The van der Waals surface area contributed by atoms with E-state index in [-0.39, 0.29) is 29.1 Å². The third kappa shape index (κ3) is 3.39. The van der Waals surface area contributed by atoms with Crippen molar-refractivity contribution in [2.24, 2.45) is 5.92 Å². The van der Waals surface area contributed by atoms with Gasteiger partial charge in [-0.3, -0.25) is 4.79 Å². The fourth-order valence-corrected chi connectivity index (χ4v) is 1.94. The molecule has 3 nitrogen and oxygen atoms in total. The predicted octanol–water partition coefficient (Wildman–Crippen LogP) is 3.33. The van der Waals surface area contributed by atoms with Gasteiger partial charge in [0, 0.05) is 6.61 Å². The number of carbonyl (C=O) groups is 1. The van der Waals surface area contributed by atoms with Crippen LogP contribution in [0.4, 0.5) is 18.9 Å². The molecule has 1 aromatic carbocycles. The second kappa shape index (κ2) is 5.38. The lowest BCUT2D eigenvalue weighted by Crippen LogP contribution is -2.23. The first-order valence-corrected chi connectivity index (χ1v) is 6.01. The Balaban J connectivity index is 2.17. The highest BCUT2D eigenvalue weighted by Gasteiger charge is 2.31. The number of rotatable bonds is 2. The third-order valence-electron chi connectivity index (χ3n) is 2.85. The molecule has 0 radical (unpaired) electrons. The fraction of sp³-hybridized carbons (Fsp3) is 0.417. The van der Waals surface area contributed by atoms with Crippen LogP contribution in [0.3, 0.4) is 0 Å². The van der Waals surface area contributed by atoms with E-state index in [0.717, 1.165) is 18.2 Å². The first kappa shape index (κ1) is 14.1. The predicted molar refractivity (Wildman–Crippen MR) is 64.0 cm³/mol. The molecular weight excluding hydrogens is 283 g/mol. The van der Waals surface area contributed by atoms with Gasteiger partial charge in [-0.1, -0.05) is 11.6 Å². The average Bonchev–Trinajstić information content (AvgIpc) is 2.84. The van der Waals surface area contributed by atoms with Crippen molar-refractivity contribution in [2.75, 3.05) is 18.5 Å². The average molecular weight is 294 g/mol. The molecule has 104 valence electrons. The standard InChI is InChI=1S/C12H11ClF3NO2/c13-9-2-1-8(12(14,15)16)5-10(9)17-11(18)7-3-4-19-6-7/h1-2,5,7H,3-4,6H2,(H,17,18). The van der Waals surface area contributed by atoms with Crippen LogP contribution in [-0.4, -0.2) is 19.1 Å². The van der Waals surface area contributed by atoms with E-state index in [1.807, 2.05) is 0 Å². The molecule has 2 rings (SSSR count). The van der Waals surface area contributed by atoms with E-state index in [0.29, 0.717) is 13.0 Å². The van der Waals surface area contributed by atoms with E-state index in [4.69, 9.17) is 16.3 Å². The number of amides is 1. The van der Waals surface area contributed by atoms with Crippen LogP contribution >= 0.6 is 11.6 Å². The molecule has 1 amide bonds. The molecule has 1 unspecified atom stereocenters. The molecule has 1 aliphatic heterocycles. The van der Waals surface area contributed by atoms with E-state index in [2.05, 4.69) is 5.32 Å². The molecule has 1 N–H and O–H groups in total. The summed E-state index contributed by atoms with van der Waals surface area (Å²) in [5.41, 5.74) is -0.886. The Morgan fingerprint density at radius 3 is 2.74 bits per heavy atom. The number of halogens is 4. The minimum absolute atomic E-state index is 0.0339. The summed E-state index contributed by atoms with van der Waals surface area (Å²) in [6.07, 6.45) is -3.91. The van der Waals surface area contributed by atoms with E-state index in [1.165, 1.54) is 0 Å². The van der Waals surface area contributed by atoms with Crippen LogP contribution in [0, 0.1) is 5.92 Å². The summed E-state index contributed by atoms with van der Waals surface area (Å²) in [5, 5.41) is 2.48. The van der Waals surface area contributed by atoms with Crippen LogP contribution in [0.25, 0.3) is 0 Å². The maximum absolute atomic E-state index is 12.6. The molecule has 0 aromatic heterocycles. The minimum atomic E-state index is -4.47. The molecule has 0 bridgehead atoms. The quantitative estimate of drug-likeness (QED) is 0.908. The van der Waals surface area contributed by atoms with Gasteiger partial charge in [0.25, 0.3) is 0 Å². The van der Waals surface area contributed by atoms with Gasteiger partial charge in [-0.25, -0.2) is 0 Å². The van der Waals surface area contributed by atoms with Crippen LogP contribution in [0.2, 0.25) is 5.02 Å². The largest absolute Gasteiger partial charge is 0.416 e. The normalized spacial score (nSPS) is 19.5. The molecule has 1 aliphatic rings. The molecular formula is C12H11ClF3NO2. The van der Waals surface area contributed by atoms with Crippen LogP contribution in [-0.2, 0) is 15.7 Å². The molecule has 1 fully saturated rings. The second-order valence-corrected chi connectivity index (χ2v) is 4.65. The van der Waals surface area contributed by atoms with Gasteiger partial charge in [-0.05, 0) is 24.6 Å². The Labute approximate surface area is 112 Å². The Hall–Kier alpha value is -1.27. The number of hydrogen-bond donors (Lipinski definition) is 1. The molecule has 1 aromatic rings. The van der Waals surface area contributed by atoms with E-state index < -0.39 is 11.7 Å². The van der Waals surface area contributed by atoms with Crippen LogP contribution < -0.4 is 5.32 Å². The van der Waals surface area contributed by atoms with Gasteiger partial charge in [-0.2, -0.15) is 13.2 Å². The number of alkyl halides is 3. The fourth-order valence-electron chi connectivity index (χ4n) is 1.77. The van der Waals surface area contributed by atoms with E-state index in [9.17, 15) is 18.0 Å². The van der Waals surface area contributed by atoms with Crippen molar-refractivity contribution in [2.45, 2.75) is 12.6 Å². The number of benzene rings is 1. The number of carbonyl (C=O) groups excluding carboxylic acids is 1. The topological polar surface area (TPSA) is 38.3 Å². The highest BCUT2D eigenvalue weighted by Crippen LogP contribution is 2.34. The van der Waals surface area contributed by atoms with Gasteiger partial charge in [0.05, 0.1) is 28.8 Å². The zero-order valence-electron chi connectivity index (χ0n) is 9.76. The monoisotopic (exact) mass is 293 g/mol. The van der Waals surface area contributed by atoms with Gasteiger partial charge < -0.3 is 10.1 Å². The van der Waals surface area contributed by atoms with Crippen molar-refractivity contribution < 1.29 is 22.7 Å². The van der Waals surface area contributed by atoms with Crippen molar-refractivity contribution in [1.82, 2.24) is 0 Å². The lowest BCUT2D eigenvalue weighted by Gasteiger charge is -2.13. The van der Waals surface area contributed by atoms with Gasteiger partial charge in [-0.15, -0.1) is 0 Å². The third-order valence-corrected chi connectivity index (χ3v) is 3.18. The lowest BCUT2D eigenvalue weighted by atomic mass is 10.1. The molecule has 1 heterocycles. The van der Waals surface area contributed by atoms with Crippen LogP contribution in [0.5, 0.6) is 0 Å². The molecule has 0 aliphatic carbocycles. The summed E-state index contributed by atoms with van der Waals surface area (Å²) in [7, 11) is 0. The molecule has 1 atom stereocenters. The molecule has 0 spiro atoms. The van der Waals surface area contributed by atoms with Gasteiger partial charge in [0.1, 0.15) is 0 Å². The first-order chi connectivity index (χ1) is 8.88. The van der Waals surface area contributed by atoms with Gasteiger partial charge in [0.15, 0.2) is 0 Å². The minimum Gasteiger partial charge on any atom is -0.381 e. The highest BCUT2D eigenvalue weighted by molar-refractivity contribution is 6.33. The Morgan fingerprint density at radius 1 is 1.42 bits per heavy atom. The molecule has 1 saturated heterocycles. The summed E-state index contributed by atoms with van der Waals surface area (Å²) >= 11 is 5.78. The Morgan fingerprint density at radius 2 is 2.16 bits per heavy atom. The molecule has 7 heteroatoms. The highest BCUT2D eigenvalue weighted by atomic mass is 35.5.